The molecule has 2 aromatic rings. The third-order valence-electron chi connectivity index (χ3n) is 3.87. The van der Waals surface area contributed by atoms with Crippen LogP contribution in [-0.2, 0) is 11.3 Å². The predicted octanol–water partition coefficient (Wildman–Crippen LogP) is 2.45. The fourth-order valence-corrected chi connectivity index (χ4v) is 2.62. The summed E-state index contributed by atoms with van der Waals surface area (Å²) in [6, 6.07) is 8.07. The smallest absolute Gasteiger partial charge is 0.242 e. The normalized spacial score (nSPS) is 12.4. The second-order valence-corrected chi connectivity index (χ2v) is 6.35. The standard InChI is InChI=1S/C18H25FN4O/c1-13-11-14(2)23(21-13)12-18(24)20-17(9-10-22(3)4)15-5-7-16(19)8-6-15/h5-8,11,17H,9-10,12H2,1-4H3,(H,20,24). The van der Waals surface area contributed by atoms with Crippen LogP contribution in [0.3, 0.4) is 0 Å². The molecule has 5 nitrogen and oxygen atoms in total. The van der Waals surface area contributed by atoms with Gasteiger partial charge in [0.05, 0.1) is 11.7 Å². The van der Waals surface area contributed by atoms with Crippen LogP contribution in [-0.4, -0.2) is 41.2 Å². The molecule has 1 unspecified atom stereocenters. The number of amides is 1. The van der Waals surface area contributed by atoms with Gasteiger partial charge in [-0.15, -0.1) is 0 Å². The van der Waals surface area contributed by atoms with Gasteiger partial charge in [0.15, 0.2) is 0 Å². The van der Waals surface area contributed by atoms with Crippen molar-refractivity contribution in [3.63, 3.8) is 0 Å². The Labute approximate surface area is 142 Å². The minimum absolute atomic E-state index is 0.103. The molecule has 1 aromatic heterocycles. The number of aryl methyl sites for hydroxylation is 2. The maximum Gasteiger partial charge on any atom is 0.242 e. The molecule has 0 bridgehead atoms. The summed E-state index contributed by atoms with van der Waals surface area (Å²) >= 11 is 0. The summed E-state index contributed by atoms with van der Waals surface area (Å²) in [4.78, 5) is 14.5. The van der Waals surface area contributed by atoms with Gasteiger partial charge < -0.3 is 10.2 Å². The Hall–Kier alpha value is -2.21. The minimum atomic E-state index is -0.279. The van der Waals surface area contributed by atoms with Crippen LogP contribution in [0.25, 0.3) is 0 Å². The summed E-state index contributed by atoms with van der Waals surface area (Å²) in [5.74, 6) is -0.381. The molecule has 1 N–H and O–H groups in total. The quantitative estimate of drug-likeness (QED) is 0.847. The van der Waals surface area contributed by atoms with E-state index in [0.717, 1.165) is 29.9 Å². The lowest BCUT2D eigenvalue weighted by atomic mass is 10.0. The number of halogens is 1. The van der Waals surface area contributed by atoms with Crippen LogP contribution in [0, 0.1) is 19.7 Å². The fourth-order valence-electron chi connectivity index (χ4n) is 2.62. The molecule has 0 saturated heterocycles. The molecule has 0 aliphatic rings. The van der Waals surface area contributed by atoms with E-state index in [1.165, 1.54) is 12.1 Å². The number of hydrogen-bond donors (Lipinski definition) is 1. The first kappa shape index (κ1) is 18.1. The molecule has 0 spiro atoms. The van der Waals surface area contributed by atoms with Gasteiger partial charge in [-0.3, -0.25) is 9.48 Å². The van der Waals surface area contributed by atoms with Gasteiger partial charge in [-0.25, -0.2) is 4.39 Å². The van der Waals surface area contributed by atoms with Gasteiger partial charge in [0.2, 0.25) is 5.91 Å². The molecular formula is C18H25FN4O. The Kier molecular flexibility index (Phi) is 6.09. The summed E-state index contributed by atoms with van der Waals surface area (Å²) < 4.78 is 14.8. The first-order valence-corrected chi connectivity index (χ1v) is 8.06. The van der Waals surface area contributed by atoms with Gasteiger partial charge in [0.25, 0.3) is 0 Å². The monoisotopic (exact) mass is 332 g/mol. The van der Waals surface area contributed by atoms with Crippen molar-refractivity contribution in [2.75, 3.05) is 20.6 Å². The maximum absolute atomic E-state index is 13.2. The van der Waals surface area contributed by atoms with Gasteiger partial charge in [-0.05, 0) is 64.7 Å². The predicted molar refractivity (Wildman–Crippen MR) is 92.2 cm³/mol. The van der Waals surface area contributed by atoms with Crippen molar-refractivity contribution in [1.82, 2.24) is 20.0 Å². The van der Waals surface area contributed by atoms with Gasteiger partial charge in [0, 0.05) is 5.69 Å². The molecule has 0 fully saturated rings. The zero-order chi connectivity index (χ0) is 17.7. The molecule has 1 amide bonds. The van der Waals surface area contributed by atoms with Gasteiger partial charge in [0.1, 0.15) is 12.4 Å². The molecule has 24 heavy (non-hydrogen) atoms. The van der Waals surface area contributed by atoms with E-state index in [0.29, 0.717) is 0 Å². The van der Waals surface area contributed by atoms with Crippen molar-refractivity contribution >= 4 is 5.91 Å². The summed E-state index contributed by atoms with van der Waals surface area (Å²) in [6.45, 7) is 4.83. The molecule has 1 heterocycles. The lowest BCUT2D eigenvalue weighted by molar-refractivity contribution is -0.122. The molecule has 130 valence electrons. The van der Waals surface area contributed by atoms with Crippen molar-refractivity contribution < 1.29 is 9.18 Å². The largest absolute Gasteiger partial charge is 0.348 e. The number of nitrogens with zero attached hydrogens (tertiary/aromatic N) is 3. The number of carbonyl (C=O) groups excluding carboxylic acids is 1. The molecule has 0 saturated carbocycles. The van der Waals surface area contributed by atoms with E-state index in [-0.39, 0.29) is 24.3 Å². The van der Waals surface area contributed by atoms with Crippen molar-refractivity contribution in [1.29, 1.82) is 0 Å². The highest BCUT2D eigenvalue weighted by atomic mass is 19.1. The van der Waals surface area contributed by atoms with E-state index in [4.69, 9.17) is 0 Å². The molecule has 1 atom stereocenters. The summed E-state index contributed by atoms with van der Waals surface area (Å²) in [5.41, 5.74) is 2.75. The topological polar surface area (TPSA) is 50.2 Å². The number of nitrogens with one attached hydrogen (secondary N) is 1. The molecular weight excluding hydrogens is 307 g/mol. The number of benzene rings is 1. The van der Waals surface area contributed by atoms with Crippen molar-refractivity contribution in [2.24, 2.45) is 0 Å². The molecule has 0 aliphatic carbocycles. The van der Waals surface area contributed by atoms with Gasteiger partial charge >= 0.3 is 0 Å². The van der Waals surface area contributed by atoms with E-state index in [9.17, 15) is 9.18 Å². The second-order valence-electron chi connectivity index (χ2n) is 6.35. The molecule has 0 radical (unpaired) electrons. The second kappa shape index (κ2) is 8.06. The zero-order valence-corrected chi connectivity index (χ0v) is 14.7. The Morgan fingerprint density at radius 3 is 2.50 bits per heavy atom. The van der Waals surface area contributed by atoms with E-state index >= 15 is 0 Å². The van der Waals surface area contributed by atoms with E-state index < -0.39 is 0 Å². The van der Waals surface area contributed by atoms with Crippen LogP contribution in [0.2, 0.25) is 0 Å². The van der Waals surface area contributed by atoms with Crippen LogP contribution in [0.5, 0.6) is 0 Å². The molecule has 1 aromatic carbocycles. The number of carbonyl (C=O) groups is 1. The highest BCUT2D eigenvalue weighted by Gasteiger charge is 2.16. The Morgan fingerprint density at radius 1 is 1.29 bits per heavy atom. The van der Waals surface area contributed by atoms with Gasteiger partial charge in [-0.1, -0.05) is 12.1 Å². The summed E-state index contributed by atoms with van der Waals surface area (Å²) in [5, 5.41) is 7.36. The van der Waals surface area contributed by atoms with Crippen molar-refractivity contribution in [2.45, 2.75) is 32.9 Å². The third kappa shape index (κ3) is 5.16. The third-order valence-corrected chi connectivity index (χ3v) is 3.87. The van der Waals surface area contributed by atoms with E-state index in [2.05, 4.69) is 15.3 Å². The van der Waals surface area contributed by atoms with E-state index in [1.54, 1.807) is 16.8 Å². The van der Waals surface area contributed by atoms with Crippen LogP contribution >= 0.6 is 0 Å². The first-order valence-electron chi connectivity index (χ1n) is 8.06. The number of aromatic nitrogens is 2. The molecule has 6 heteroatoms. The van der Waals surface area contributed by atoms with Crippen molar-refractivity contribution in [3.05, 3.63) is 53.1 Å². The number of hydrogen-bond acceptors (Lipinski definition) is 3. The van der Waals surface area contributed by atoms with Crippen LogP contribution in [0.15, 0.2) is 30.3 Å². The number of rotatable bonds is 7. The lowest BCUT2D eigenvalue weighted by Gasteiger charge is -2.21. The highest BCUT2D eigenvalue weighted by Crippen LogP contribution is 2.18. The summed E-state index contributed by atoms with van der Waals surface area (Å²) in [6.07, 6.45) is 0.751. The van der Waals surface area contributed by atoms with Crippen LogP contribution < -0.4 is 5.32 Å². The Balaban J connectivity index is 2.07. The fraction of sp³-hybridized carbons (Fsp3) is 0.444. The average molecular weight is 332 g/mol. The zero-order valence-electron chi connectivity index (χ0n) is 14.7. The lowest BCUT2D eigenvalue weighted by Crippen LogP contribution is -2.33. The molecule has 2 rings (SSSR count). The van der Waals surface area contributed by atoms with E-state index in [1.807, 2.05) is 34.0 Å². The Morgan fingerprint density at radius 2 is 1.96 bits per heavy atom. The minimum Gasteiger partial charge on any atom is -0.348 e. The maximum atomic E-state index is 13.2. The summed E-state index contributed by atoms with van der Waals surface area (Å²) in [7, 11) is 3.97. The van der Waals surface area contributed by atoms with Crippen LogP contribution in [0.1, 0.15) is 29.4 Å². The Bertz CT molecular complexity index is 679. The van der Waals surface area contributed by atoms with Gasteiger partial charge in [-0.2, -0.15) is 5.10 Å². The van der Waals surface area contributed by atoms with Crippen molar-refractivity contribution in [3.8, 4) is 0 Å². The highest BCUT2D eigenvalue weighted by molar-refractivity contribution is 5.76. The first-order chi connectivity index (χ1) is 11.3. The van der Waals surface area contributed by atoms with Crippen LogP contribution in [0.4, 0.5) is 4.39 Å². The SMILES string of the molecule is Cc1cc(C)n(CC(=O)NC(CCN(C)C)c2ccc(F)cc2)n1. The average Bonchev–Trinajstić information content (AvgIpc) is 2.82. The molecule has 0 aliphatic heterocycles.